The number of hydrogen-bond donors (Lipinski definition) is 2. The van der Waals surface area contributed by atoms with Crippen LogP contribution in [0.4, 0.5) is 5.69 Å². The monoisotopic (exact) mass is 248 g/mol. The molecule has 3 N–H and O–H groups in total. The highest BCUT2D eigenvalue weighted by atomic mass is 35.5. The maximum Gasteiger partial charge on any atom is 0.0407 e. The summed E-state index contributed by atoms with van der Waals surface area (Å²) in [5, 5.41) is 4.13. The number of anilines is 1. The minimum atomic E-state index is 0.765. The molecule has 3 heteroatoms. The van der Waals surface area contributed by atoms with Gasteiger partial charge in [0.25, 0.3) is 0 Å². The Bertz CT molecular complexity index is 432. The van der Waals surface area contributed by atoms with Gasteiger partial charge in [0.15, 0.2) is 0 Å². The third-order valence-electron chi connectivity index (χ3n) is 2.80. The van der Waals surface area contributed by atoms with E-state index in [0.29, 0.717) is 0 Å². The van der Waals surface area contributed by atoms with E-state index in [1.807, 2.05) is 24.3 Å². The fourth-order valence-corrected chi connectivity index (χ4v) is 2.01. The van der Waals surface area contributed by atoms with Crippen molar-refractivity contribution in [2.24, 2.45) is 5.73 Å². The molecule has 2 rings (SSSR count). The van der Waals surface area contributed by atoms with Gasteiger partial charge in [-0.2, -0.15) is 0 Å². The van der Waals surface area contributed by atoms with Gasteiger partial charge in [-0.05, 0) is 55.2 Å². The van der Waals surface area contributed by atoms with Gasteiger partial charge in [-0.1, -0.05) is 17.7 Å². The average molecular weight is 249 g/mol. The molecule has 0 bridgehead atoms. The lowest BCUT2D eigenvalue weighted by Gasteiger charge is -2.11. The van der Waals surface area contributed by atoms with E-state index in [0.717, 1.165) is 42.2 Å². The molecule has 0 amide bonds. The third-order valence-corrected chi connectivity index (χ3v) is 3.05. The Morgan fingerprint density at radius 2 is 2.00 bits per heavy atom. The zero-order chi connectivity index (χ0) is 12.1. The smallest absolute Gasteiger partial charge is 0.0407 e. The van der Waals surface area contributed by atoms with Crippen LogP contribution in [0, 0.1) is 0 Å². The summed E-state index contributed by atoms with van der Waals surface area (Å²) in [5.74, 6) is 0. The van der Waals surface area contributed by atoms with Crippen LogP contribution in [0.5, 0.6) is 0 Å². The largest absolute Gasteiger partial charge is 0.402 e. The summed E-state index contributed by atoms with van der Waals surface area (Å²) in [6.07, 6.45) is 7.42. The molecule has 0 spiro atoms. The van der Waals surface area contributed by atoms with Gasteiger partial charge in [-0.3, -0.25) is 0 Å². The predicted molar refractivity (Wildman–Crippen MR) is 74.1 cm³/mol. The van der Waals surface area contributed by atoms with Crippen molar-refractivity contribution < 1.29 is 0 Å². The van der Waals surface area contributed by atoms with Gasteiger partial charge in [0.2, 0.25) is 0 Å². The molecule has 1 aliphatic rings. The van der Waals surface area contributed by atoms with Crippen molar-refractivity contribution in [3.63, 3.8) is 0 Å². The summed E-state index contributed by atoms with van der Waals surface area (Å²) < 4.78 is 0. The summed E-state index contributed by atoms with van der Waals surface area (Å²) >= 11 is 5.82. The average Bonchev–Trinajstić information content (AvgIpc) is 2.32. The Hall–Kier alpha value is -1.41. The number of hydrogen-bond acceptors (Lipinski definition) is 2. The molecule has 17 heavy (non-hydrogen) atoms. The first-order valence-electron chi connectivity index (χ1n) is 5.88. The zero-order valence-electron chi connectivity index (χ0n) is 9.75. The number of rotatable bonds is 4. The van der Waals surface area contributed by atoms with Crippen molar-refractivity contribution in [3.8, 4) is 0 Å². The molecule has 0 fully saturated rings. The van der Waals surface area contributed by atoms with Crippen molar-refractivity contribution in [2.45, 2.75) is 19.3 Å². The van der Waals surface area contributed by atoms with Crippen molar-refractivity contribution in [2.75, 3.05) is 11.9 Å². The van der Waals surface area contributed by atoms with Crippen molar-refractivity contribution in [3.05, 3.63) is 52.7 Å². The van der Waals surface area contributed by atoms with Gasteiger partial charge in [-0.25, -0.2) is 0 Å². The summed E-state index contributed by atoms with van der Waals surface area (Å²) in [6, 6.07) is 7.76. The highest BCUT2D eigenvalue weighted by molar-refractivity contribution is 6.30. The van der Waals surface area contributed by atoms with Crippen LogP contribution in [0.25, 0.3) is 0 Å². The number of halogens is 1. The van der Waals surface area contributed by atoms with E-state index in [1.54, 1.807) is 0 Å². The second kappa shape index (κ2) is 5.78. The topological polar surface area (TPSA) is 38.0 Å². The minimum Gasteiger partial charge on any atom is -0.402 e. The fourth-order valence-electron chi connectivity index (χ4n) is 1.89. The Kier molecular flexibility index (Phi) is 4.10. The van der Waals surface area contributed by atoms with Gasteiger partial charge in [-0.15, -0.1) is 0 Å². The first-order chi connectivity index (χ1) is 8.24. The van der Waals surface area contributed by atoms with Crippen LogP contribution in [-0.2, 0) is 0 Å². The maximum atomic E-state index is 5.82. The van der Waals surface area contributed by atoms with E-state index in [9.17, 15) is 0 Å². The van der Waals surface area contributed by atoms with Gasteiger partial charge in [0, 0.05) is 23.0 Å². The van der Waals surface area contributed by atoms with Crippen LogP contribution in [0.1, 0.15) is 19.3 Å². The van der Waals surface area contributed by atoms with E-state index in [2.05, 4.69) is 17.5 Å². The highest BCUT2D eigenvalue weighted by Crippen LogP contribution is 2.17. The molecule has 0 saturated carbocycles. The molecule has 90 valence electrons. The van der Waals surface area contributed by atoms with Crippen LogP contribution >= 0.6 is 11.6 Å². The number of nitrogens with two attached hydrogens (primary N) is 1. The van der Waals surface area contributed by atoms with Crippen LogP contribution < -0.4 is 11.1 Å². The standard InChI is InChI=1S/C14H17ClN2/c15-12-4-6-14(7-5-12)17-9-8-11-2-1-3-13(16)10-11/h2,4-7,10,17H,1,3,8-9,16H2. The SMILES string of the molecule is NC1=CC(CCNc2ccc(Cl)cc2)=CCC1. The molecular weight excluding hydrogens is 232 g/mol. The van der Waals surface area contributed by atoms with Crippen molar-refractivity contribution in [1.29, 1.82) is 0 Å². The van der Waals surface area contributed by atoms with Gasteiger partial charge < -0.3 is 11.1 Å². The molecule has 0 aromatic heterocycles. The summed E-state index contributed by atoms with van der Waals surface area (Å²) in [7, 11) is 0. The fraction of sp³-hybridized carbons (Fsp3) is 0.286. The van der Waals surface area contributed by atoms with Gasteiger partial charge in [0.05, 0.1) is 0 Å². The van der Waals surface area contributed by atoms with Crippen LogP contribution in [-0.4, -0.2) is 6.54 Å². The molecule has 0 heterocycles. The molecule has 0 radical (unpaired) electrons. The van der Waals surface area contributed by atoms with Gasteiger partial charge >= 0.3 is 0 Å². The van der Waals surface area contributed by atoms with Crippen LogP contribution in [0.15, 0.2) is 47.7 Å². The molecule has 1 aliphatic carbocycles. The second-order valence-corrected chi connectivity index (χ2v) is 4.66. The molecule has 0 unspecified atom stereocenters. The number of benzene rings is 1. The van der Waals surface area contributed by atoms with Crippen molar-refractivity contribution >= 4 is 17.3 Å². The van der Waals surface area contributed by atoms with Crippen molar-refractivity contribution in [1.82, 2.24) is 0 Å². The normalized spacial score (nSPS) is 15.1. The summed E-state index contributed by atoms with van der Waals surface area (Å²) in [5.41, 5.74) is 9.23. The Balaban J connectivity index is 1.80. The number of nitrogens with one attached hydrogen (secondary N) is 1. The molecule has 0 aliphatic heterocycles. The molecule has 0 saturated heterocycles. The molecular formula is C14H17ClN2. The Labute approximate surface area is 107 Å². The first-order valence-corrected chi connectivity index (χ1v) is 6.26. The zero-order valence-corrected chi connectivity index (χ0v) is 10.5. The summed E-state index contributed by atoms with van der Waals surface area (Å²) in [4.78, 5) is 0. The lowest BCUT2D eigenvalue weighted by atomic mass is 10.0. The lowest BCUT2D eigenvalue weighted by Crippen LogP contribution is -2.06. The third kappa shape index (κ3) is 3.82. The highest BCUT2D eigenvalue weighted by Gasteiger charge is 2.02. The van der Waals surface area contributed by atoms with E-state index >= 15 is 0 Å². The maximum absolute atomic E-state index is 5.82. The minimum absolute atomic E-state index is 0.765. The predicted octanol–water partition coefficient (Wildman–Crippen LogP) is 3.70. The van der Waals surface area contributed by atoms with E-state index < -0.39 is 0 Å². The lowest BCUT2D eigenvalue weighted by molar-refractivity contribution is 0.897. The van der Waals surface area contributed by atoms with E-state index in [-0.39, 0.29) is 0 Å². The first kappa shape index (κ1) is 12.1. The Morgan fingerprint density at radius 3 is 2.71 bits per heavy atom. The molecule has 1 aromatic carbocycles. The molecule has 0 atom stereocenters. The molecule has 1 aromatic rings. The summed E-state index contributed by atoms with van der Waals surface area (Å²) in [6.45, 7) is 0.914. The molecule has 2 nitrogen and oxygen atoms in total. The Morgan fingerprint density at radius 1 is 1.24 bits per heavy atom. The van der Waals surface area contributed by atoms with Crippen LogP contribution in [0.2, 0.25) is 5.02 Å². The van der Waals surface area contributed by atoms with E-state index in [4.69, 9.17) is 17.3 Å². The quantitative estimate of drug-likeness (QED) is 0.853. The van der Waals surface area contributed by atoms with Crippen LogP contribution in [0.3, 0.4) is 0 Å². The van der Waals surface area contributed by atoms with E-state index in [1.165, 1.54) is 5.57 Å². The second-order valence-electron chi connectivity index (χ2n) is 4.22. The number of allylic oxidation sites excluding steroid dienone is 3. The van der Waals surface area contributed by atoms with Gasteiger partial charge in [0.1, 0.15) is 0 Å².